The second-order valence-corrected chi connectivity index (χ2v) is 4.85. The van der Waals surface area contributed by atoms with Gasteiger partial charge in [0.15, 0.2) is 11.6 Å². The smallest absolute Gasteiger partial charge is 0.488 e. The van der Waals surface area contributed by atoms with Crippen LogP contribution in [0.1, 0.15) is 0 Å². The van der Waals surface area contributed by atoms with Crippen molar-refractivity contribution in [2.24, 2.45) is 0 Å². The monoisotopic (exact) mass is 306 g/mol. The molecule has 21 heavy (non-hydrogen) atoms. The van der Waals surface area contributed by atoms with E-state index in [1.807, 2.05) is 0 Å². The van der Waals surface area contributed by atoms with Gasteiger partial charge in [-0.05, 0) is 23.7 Å². The summed E-state index contributed by atoms with van der Waals surface area (Å²) in [5.41, 5.74) is 1.21. The van der Waals surface area contributed by atoms with Crippen molar-refractivity contribution in [1.82, 2.24) is 9.78 Å². The average molecular weight is 306 g/mol. The van der Waals surface area contributed by atoms with E-state index >= 15 is 0 Å². The van der Waals surface area contributed by atoms with E-state index in [1.54, 1.807) is 12.1 Å². The Kier molecular flexibility index (Phi) is 3.33. The first-order valence-corrected chi connectivity index (χ1v) is 6.38. The number of phenols is 1. The second-order valence-electron chi connectivity index (χ2n) is 4.49. The molecule has 1 aromatic heterocycles. The van der Waals surface area contributed by atoms with Crippen LogP contribution in [0.2, 0.25) is 5.15 Å². The van der Waals surface area contributed by atoms with Gasteiger partial charge in [-0.1, -0.05) is 23.7 Å². The molecule has 5 nitrogen and oxygen atoms in total. The molecule has 0 aliphatic heterocycles. The van der Waals surface area contributed by atoms with Crippen molar-refractivity contribution >= 4 is 35.1 Å². The summed E-state index contributed by atoms with van der Waals surface area (Å²) in [5.74, 6) is -1.27. The second kappa shape index (κ2) is 5.03. The van der Waals surface area contributed by atoms with E-state index in [0.29, 0.717) is 22.1 Å². The van der Waals surface area contributed by atoms with Crippen LogP contribution in [0.5, 0.6) is 5.75 Å². The number of rotatable bonds is 2. The molecule has 3 aromatic rings. The van der Waals surface area contributed by atoms with Gasteiger partial charge in [-0.15, -0.1) is 0 Å². The highest BCUT2D eigenvalue weighted by molar-refractivity contribution is 6.58. The fraction of sp³-hybridized carbons (Fsp3) is 0. The number of benzene rings is 2. The summed E-state index contributed by atoms with van der Waals surface area (Å²) in [6.07, 6.45) is 0. The van der Waals surface area contributed by atoms with Gasteiger partial charge in [0.25, 0.3) is 0 Å². The van der Waals surface area contributed by atoms with Gasteiger partial charge >= 0.3 is 7.12 Å². The summed E-state index contributed by atoms with van der Waals surface area (Å²) in [5, 5.41) is 32.3. The molecule has 0 aliphatic rings. The zero-order valence-corrected chi connectivity index (χ0v) is 11.3. The molecule has 106 valence electrons. The lowest BCUT2D eigenvalue weighted by Crippen LogP contribution is -2.29. The SMILES string of the molecule is OB(O)c1ccc(-n2nc3cc(F)c(O)cc3c2Cl)cc1. The number of aromatic nitrogens is 2. The van der Waals surface area contributed by atoms with Crippen molar-refractivity contribution < 1.29 is 19.5 Å². The van der Waals surface area contributed by atoms with Crippen molar-refractivity contribution in [1.29, 1.82) is 0 Å². The molecular formula is C13H9BClFN2O3. The van der Waals surface area contributed by atoms with Crippen molar-refractivity contribution in [3.8, 4) is 11.4 Å². The summed E-state index contributed by atoms with van der Waals surface area (Å²) in [6.45, 7) is 0. The Hall–Kier alpha value is -2.09. The maximum absolute atomic E-state index is 13.3. The van der Waals surface area contributed by atoms with Crippen LogP contribution in [0.4, 0.5) is 4.39 Å². The van der Waals surface area contributed by atoms with Gasteiger partial charge < -0.3 is 15.2 Å². The highest BCUT2D eigenvalue weighted by Crippen LogP contribution is 2.30. The first kappa shape index (κ1) is 13.9. The maximum atomic E-state index is 13.3. The van der Waals surface area contributed by atoms with Gasteiger partial charge in [-0.25, -0.2) is 9.07 Å². The molecule has 8 heteroatoms. The van der Waals surface area contributed by atoms with Gasteiger partial charge in [0.05, 0.1) is 11.2 Å². The standard InChI is InChI=1S/C13H9BClFN2O3/c15-13-9-5-12(19)10(16)6-11(9)17-18(13)8-3-1-7(2-4-8)14(20)21/h1-6,19-21H. The first-order chi connectivity index (χ1) is 9.97. The van der Waals surface area contributed by atoms with Crippen LogP contribution < -0.4 is 5.46 Å². The number of aromatic hydroxyl groups is 1. The van der Waals surface area contributed by atoms with E-state index in [-0.39, 0.29) is 5.15 Å². The topological polar surface area (TPSA) is 78.5 Å². The molecule has 0 radical (unpaired) electrons. The summed E-state index contributed by atoms with van der Waals surface area (Å²) in [4.78, 5) is 0. The molecule has 0 fully saturated rings. The lowest BCUT2D eigenvalue weighted by molar-refractivity contribution is 0.426. The molecule has 0 saturated heterocycles. The Morgan fingerprint density at radius 2 is 1.81 bits per heavy atom. The minimum Gasteiger partial charge on any atom is -0.505 e. The van der Waals surface area contributed by atoms with Gasteiger partial charge in [0.1, 0.15) is 5.15 Å². The Morgan fingerprint density at radius 1 is 1.14 bits per heavy atom. The highest BCUT2D eigenvalue weighted by atomic mass is 35.5. The van der Waals surface area contributed by atoms with E-state index in [0.717, 1.165) is 6.07 Å². The van der Waals surface area contributed by atoms with Crippen LogP contribution in [0.15, 0.2) is 36.4 Å². The van der Waals surface area contributed by atoms with Gasteiger partial charge in [-0.2, -0.15) is 5.10 Å². The van der Waals surface area contributed by atoms with Crippen molar-refractivity contribution in [2.75, 3.05) is 0 Å². The molecule has 3 N–H and O–H groups in total. The average Bonchev–Trinajstić information content (AvgIpc) is 2.77. The predicted molar refractivity (Wildman–Crippen MR) is 77.5 cm³/mol. The molecular weight excluding hydrogens is 297 g/mol. The number of hydrogen-bond acceptors (Lipinski definition) is 4. The van der Waals surface area contributed by atoms with E-state index in [1.165, 1.54) is 22.9 Å². The summed E-state index contributed by atoms with van der Waals surface area (Å²) in [6, 6.07) is 8.54. The van der Waals surface area contributed by atoms with Crippen molar-refractivity contribution in [3.63, 3.8) is 0 Å². The van der Waals surface area contributed by atoms with Gasteiger partial charge in [0, 0.05) is 11.5 Å². The number of fused-ring (bicyclic) bond motifs is 1. The first-order valence-electron chi connectivity index (χ1n) is 6.00. The summed E-state index contributed by atoms with van der Waals surface area (Å²) >= 11 is 6.19. The van der Waals surface area contributed by atoms with Gasteiger partial charge in [0.2, 0.25) is 0 Å². The van der Waals surface area contributed by atoms with Crippen LogP contribution >= 0.6 is 11.6 Å². The molecule has 0 aliphatic carbocycles. The molecule has 3 rings (SSSR count). The third-order valence-electron chi connectivity index (χ3n) is 3.12. The Morgan fingerprint density at radius 3 is 2.43 bits per heavy atom. The quantitative estimate of drug-likeness (QED) is 0.622. The molecule has 0 saturated carbocycles. The largest absolute Gasteiger partial charge is 0.505 e. The Labute approximate surface area is 124 Å². The lowest BCUT2D eigenvalue weighted by Gasteiger charge is -2.04. The molecule has 0 atom stereocenters. The predicted octanol–water partition coefficient (Wildman–Crippen LogP) is 1.20. The molecule has 1 heterocycles. The molecule has 0 spiro atoms. The van der Waals surface area contributed by atoms with Gasteiger partial charge in [-0.3, -0.25) is 0 Å². The van der Waals surface area contributed by atoms with E-state index in [4.69, 9.17) is 21.6 Å². The third-order valence-corrected chi connectivity index (χ3v) is 3.48. The Bertz CT molecular complexity index is 820. The van der Waals surface area contributed by atoms with Crippen LogP contribution in [0.25, 0.3) is 16.6 Å². The molecule has 2 aromatic carbocycles. The van der Waals surface area contributed by atoms with Crippen molar-refractivity contribution in [3.05, 3.63) is 47.4 Å². The van der Waals surface area contributed by atoms with Crippen LogP contribution in [0, 0.1) is 5.82 Å². The van der Waals surface area contributed by atoms with Crippen molar-refractivity contribution in [2.45, 2.75) is 0 Å². The van der Waals surface area contributed by atoms with E-state index < -0.39 is 18.7 Å². The number of phenolic OH excluding ortho intramolecular Hbond substituents is 1. The zero-order chi connectivity index (χ0) is 15.1. The zero-order valence-electron chi connectivity index (χ0n) is 10.5. The fourth-order valence-electron chi connectivity index (χ4n) is 2.02. The van der Waals surface area contributed by atoms with Crippen LogP contribution in [-0.4, -0.2) is 32.1 Å². The van der Waals surface area contributed by atoms with E-state index in [2.05, 4.69) is 5.10 Å². The molecule has 0 unspecified atom stereocenters. The number of halogens is 2. The minimum atomic E-state index is -1.56. The lowest BCUT2D eigenvalue weighted by atomic mass is 9.80. The molecule has 0 bridgehead atoms. The number of nitrogens with zero attached hydrogens (tertiary/aromatic N) is 2. The number of hydrogen-bond donors (Lipinski definition) is 3. The maximum Gasteiger partial charge on any atom is 0.488 e. The normalized spacial score (nSPS) is 11.0. The summed E-state index contributed by atoms with van der Waals surface area (Å²) < 4.78 is 14.7. The third kappa shape index (κ3) is 2.35. The fourth-order valence-corrected chi connectivity index (χ4v) is 2.31. The van der Waals surface area contributed by atoms with E-state index in [9.17, 15) is 9.50 Å². The highest BCUT2D eigenvalue weighted by Gasteiger charge is 2.15. The van der Waals surface area contributed by atoms with Crippen LogP contribution in [0.3, 0.4) is 0 Å². The minimum absolute atomic E-state index is 0.220. The summed E-state index contributed by atoms with van der Waals surface area (Å²) in [7, 11) is -1.56. The molecule has 0 amide bonds. The van der Waals surface area contributed by atoms with Crippen LogP contribution in [-0.2, 0) is 0 Å². The Balaban J connectivity index is 2.14.